The van der Waals surface area contributed by atoms with Crippen molar-refractivity contribution < 1.29 is 4.79 Å². The molecule has 4 rings (SSSR count). The van der Waals surface area contributed by atoms with Crippen LogP contribution in [0.4, 0.5) is 21.0 Å². The van der Waals surface area contributed by atoms with Crippen LogP contribution in [0.1, 0.15) is 10.4 Å². The second-order valence-corrected chi connectivity index (χ2v) is 7.98. The molecule has 3 aromatic rings. The van der Waals surface area contributed by atoms with Crippen molar-refractivity contribution in [3.05, 3.63) is 47.0 Å². The highest BCUT2D eigenvalue weighted by Crippen LogP contribution is 2.23. The van der Waals surface area contributed by atoms with E-state index in [4.69, 9.17) is 5.73 Å². The maximum atomic E-state index is 12.5. The summed E-state index contributed by atoms with van der Waals surface area (Å²) in [6, 6.07) is 10.1. The van der Waals surface area contributed by atoms with Crippen molar-refractivity contribution in [2.75, 3.05) is 42.1 Å². The molecule has 0 atom stereocenters. The van der Waals surface area contributed by atoms with E-state index in [1.807, 2.05) is 24.4 Å². The van der Waals surface area contributed by atoms with Crippen LogP contribution in [0.15, 0.2) is 36.5 Å². The van der Waals surface area contributed by atoms with Gasteiger partial charge < -0.3 is 15.5 Å². The van der Waals surface area contributed by atoms with Gasteiger partial charge in [0.05, 0.1) is 0 Å². The number of piperazine rings is 1. The van der Waals surface area contributed by atoms with E-state index in [9.17, 15) is 4.79 Å². The molecule has 2 amide bonds. The molecule has 8 nitrogen and oxygen atoms in total. The van der Waals surface area contributed by atoms with Crippen molar-refractivity contribution in [1.82, 2.24) is 19.2 Å². The molecule has 140 valence electrons. The van der Waals surface area contributed by atoms with E-state index in [0.717, 1.165) is 16.4 Å². The largest absolute Gasteiger partial charge is 0.367 e. The van der Waals surface area contributed by atoms with Gasteiger partial charge in [0.2, 0.25) is 11.1 Å². The molecule has 0 saturated carbocycles. The number of nitrogens with one attached hydrogen (secondary N) is 1. The third-order valence-electron chi connectivity index (χ3n) is 4.26. The van der Waals surface area contributed by atoms with Gasteiger partial charge in [-0.05, 0) is 5.56 Å². The predicted molar refractivity (Wildman–Crippen MR) is 108 cm³/mol. The minimum atomic E-state index is -0.118. The summed E-state index contributed by atoms with van der Waals surface area (Å²) in [7, 11) is 0. The number of benzene rings is 1. The van der Waals surface area contributed by atoms with Crippen molar-refractivity contribution in [3.63, 3.8) is 0 Å². The number of nitrogens with two attached hydrogens (primary N) is 1. The zero-order chi connectivity index (χ0) is 18.6. The van der Waals surface area contributed by atoms with Crippen LogP contribution in [0, 0.1) is 0 Å². The Hall–Kier alpha value is -2.72. The van der Waals surface area contributed by atoms with Gasteiger partial charge in [0.15, 0.2) is 5.13 Å². The smallest absolute Gasteiger partial charge is 0.323 e. The van der Waals surface area contributed by atoms with E-state index in [-0.39, 0.29) is 6.03 Å². The molecule has 1 fully saturated rings. The Morgan fingerprint density at radius 1 is 1.19 bits per heavy atom. The molecule has 0 radical (unpaired) electrons. The van der Waals surface area contributed by atoms with Crippen LogP contribution in [0.2, 0.25) is 0 Å². The highest BCUT2D eigenvalue weighted by molar-refractivity contribution is 7.15. The molecular weight excluding hydrogens is 382 g/mol. The summed E-state index contributed by atoms with van der Waals surface area (Å²) in [6.07, 6.45) is 2.64. The fourth-order valence-corrected chi connectivity index (χ4v) is 4.36. The van der Waals surface area contributed by atoms with E-state index in [2.05, 4.69) is 36.7 Å². The molecule has 1 aromatic carbocycles. The van der Waals surface area contributed by atoms with Crippen molar-refractivity contribution in [3.8, 4) is 0 Å². The predicted octanol–water partition coefficient (Wildman–Crippen LogP) is 2.52. The fraction of sp³-hybridized carbons (Fsp3) is 0.294. The average Bonchev–Trinajstić information content (AvgIpc) is 3.31. The average molecular weight is 402 g/mol. The first-order valence-corrected chi connectivity index (χ1v) is 10.1. The number of thiazole rings is 1. The normalized spacial score (nSPS) is 14.4. The number of carbonyl (C=O) groups excluding carboxylic acids is 1. The SMILES string of the molecule is Nc1nsc(N2CCN(C(=O)Nc3ncc(Cc4ccccc4)s3)CC2)n1. The van der Waals surface area contributed by atoms with Gasteiger partial charge in [0.1, 0.15) is 0 Å². The van der Waals surface area contributed by atoms with Crippen molar-refractivity contribution in [2.45, 2.75) is 6.42 Å². The van der Waals surface area contributed by atoms with Gasteiger partial charge in [0.25, 0.3) is 0 Å². The first-order valence-electron chi connectivity index (χ1n) is 8.56. The summed E-state index contributed by atoms with van der Waals surface area (Å²) < 4.78 is 4.00. The van der Waals surface area contributed by atoms with Crippen molar-refractivity contribution >= 4 is 45.1 Å². The van der Waals surface area contributed by atoms with Crippen LogP contribution >= 0.6 is 22.9 Å². The van der Waals surface area contributed by atoms with Gasteiger partial charge >= 0.3 is 6.03 Å². The minimum Gasteiger partial charge on any atom is -0.367 e. The molecule has 2 aromatic heterocycles. The molecule has 0 spiro atoms. The molecule has 0 bridgehead atoms. The Kier molecular flexibility index (Phi) is 5.16. The zero-order valence-corrected chi connectivity index (χ0v) is 16.2. The number of amides is 2. The van der Waals surface area contributed by atoms with Crippen molar-refractivity contribution in [1.29, 1.82) is 0 Å². The van der Waals surface area contributed by atoms with Crippen LogP contribution in [-0.2, 0) is 6.42 Å². The molecule has 1 saturated heterocycles. The summed E-state index contributed by atoms with van der Waals surface area (Å²) >= 11 is 2.79. The third kappa shape index (κ3) is 4.34. The number of hydrogen-bond acceptors (Lipinski definition) is 8. The first kappa shape index (κ1) is 17.7. The van der Waals surface area contributed by atoms with E-state index in [0.29, 0.717) is 37.3 Å². The Morgan fingerprint density at radius 3 is 2.67 bits per heavy atom. The first-order chi connectivity index (χ1) is 13.2. The Balaban J connectivity index is 1.30. The molecule has 1 aliphatic heterocycles. The molecule has 0 aliphatic carbocycles. The molecule has 3 N–H and O–H groups in total. The van der Waals surface area contributed by atoms with Crippen LogP contribution in [0.5, 0.6) is 0 Å². The number of nitrogens with zero attached hydrogens (tertiary/aromatic N) is 5. The maximum Gasteiger partial charge on any atom is 0.323 e. The number of urea groups is 1. The van der Waals surface area contributed by atoms with Crippen molar-refractivity contribution in [2.24, 2.45) is 0 Å². The second-order valence-electron chi connectivity index (χ2n) is 6.13. The number of rotatable bonds is 4. The molecule has 1 aliphatic rings. The number of aromatic nitrogens is 3. The Bertz CT molecular complexity index is 903. The summed E-state index contributed by atoms with van der Waals surface area (Å²) in [5.41, 5.74) is 6.81. The molecular formula is C17H19N7OS2. The lowest BCUT2D eigenvalue weighted by Crippen LogP contribution is -2.50. The summed E-state index contributed by atoms with van der Waals surface area (Å²) in [5, 5.41) is 4.34. The summed E-state index contributed by atoms with van der Waals surface area (Å²) in [6.45, 7) is 2.65. The number of carbonyl (C=O) groups is 1. The van der Waals surface area contributed by atoms with Crippen LogP contribution < -0.4 is 16.0 Å². The summed E-state index contributed by atoms with van der Waals surface area (Å²) in [4.78, 5) is 26.0. The van der Waals surface area contributed by atoms with E-state index >= 15 is 0 Å². The second kappa shape index (κ2) is 7.89. The van der Waals surface area contributed by atoms with E-state index in [1.54, 1.807) is 4.90 Å². The molecule has 27 heavy (non-hydrogen) atoms. The van der Waals surface area contributed by atoms with Crippen LogP contribution in [0.25, 0.3) is 0 Å². The lowest BCUT2D eigenvalue weighted by atomic mass is 10.1. The van der Waals surface area contributed by atoms with Crippen LogP contribution in [-0.4, -0.2) is 51.5 Å². The zero-order valence-electron chi connectivity index (χ0n) is 14.5. The van der Waals surface area contributed by atoms with Gasteiger partial charge in [-0.3, -0.25) is 5.32 Å². The molecule has 10 heteroatoms. The Morgan fingerprint density at radius 2 is 1.96 bits per heavy atom. The highest BCUT2D eigenvalue weighted by Gasteiger charge is 2.23. The number of nitrogen functional groups attached to an aromatic ring is 1. The maximum absolute atomic E-state index is 12.5. The van der Waals surface area contributed by atoms with Gasteiger partial charge in [-0.1, -0.05) is 30.3 Å². The van der Waals surface area contributed by atoms with E-state index < -0.39 is 0 Å². The molecule has 3 heterocycles. The van der Waals surface area contributed by atoms with Gasteiger partial charge in [-0.2, -0.15) is 9.36 Å². The van der Waals surface area contributed by atoms with Gasteiger partial charge in [-0.15, -0.1) is 11.3 Å². The fourth-order valence-electron chi connectivity index (χ4n) is 2.87. The number of hydrogen-bond donors (Lipinski definition) is 2. The molecule has 0 unspecified atom stereocenters. The standard InChI is InChI=1S/C17H19N7OS2/c18-14-20-17(27-22-14)24-8-6-23(7-9-24)16(25)21-15-19-11-13(26-15)10-12-4-2-1-3-5-12/h1-5,11H,6-10H2,(H2,18,22)(H,19,21,25). The highest BCUT2D eigenvalue weighted by atomic mass is 32.1. The minimum absolute atomic E-state index is 0.118. The van der Waals surface area contributed by atoms with Gasteiger partial charge in [-0.25, -0.2) is 9.78 Å². The van der Waals surface area contributed by atoms with E-state index in [1.165, 1.54) is 28.4 Å². The Labute approximate surface area is 164 Å². The van der Waals surface area contributed by atoms with Crippen LogP contribution in [0.3, 0.4) is 0 Å². The van der Waals surface area contributed by atoms with Gasteiger partial charge in [0, 0.05) is 55.2 Å². The summed E-state index contributed by atoms with van der Waals surface area (Å²) in [5.74, 6) is 0.297. The monoisotopic (exact) mass is 401 g/mol. The quantitative estimate of drug-likeness (QED) is 0.697. The lowest BCUT2D eigenvalue weighted by Gasteiger charge is -2.34. The number of anilines is 3. The lowest BCUT2D eigenvalue weighted by molar-refractivity contribution is 0.208. The topological polar surface area (TPSA) is 100 Å². The third-order valence-corrected chi connectivity index (χ3v) is 5.96.